The van der Waals surface area contributed by atoms with Gasteiger partial charge in [0.05, 0.1) is 7.11 Å². The van der Waals surface area contributed by atoms with Crippen molar-refractivity contribution in [3.8, 4) is 0 Å². The fourth-order valence-electron chi connectivity index (χ4n) is 1.07. The third-order valence-electron chi connectivity index (χ3n) is 1.67. The molecule has 0 aromatic carbocycles. The molecule has 0 heterocycles. The highest BCUT2D eigenvalue weighted by Gasteiger charge is 2.25. The van der Waals surface area contributed by atoms with E-state index in [1.54, 1.807) is 20.8 Å². The number of carbonyl (C=O) groups is 3. The van der Waals surface area contributed by atoms with Crippen molar-refractivity contribution in [2.75, 3.05) is 7.11 Å². The fourth-order valence-corrected chi connectivity index (χ4v) is 1.07. The summed E-state index contributed by atoms with van der Waals surface area (Å²) in [6.07, 6.45) is -0.875. The van der Waals surface area contributed by atoms with Gasteiger partial charge in [-0.15, -0.1) is 0 Å². The number of rotatable bonds is 4. The van der Waals surface area contributed by atoms with Crippen molar-refractivity contribution < 1.29 is 23.9 Å². The minimum absolute atomic E-state index is 0.119. The summed E-state index contributed by atoms with van der Waals surface area (Å²) in [6, 6.07) is -1.01. The van der Waals surface area contributed by atoms with Crippen LogP contribution >= 0.6 is 0 Å². The van der Waals surface area contributed by atoms with Gasteiger partial charge in [-0.1, -0.05) is 0 Å². The van der Waals surface area contributed by atoms with Gasteiger partial charge in [0.25, 0.3) is 0 Å². The Morgan fingerprint density at radius 2 is 1.76 bits per heavy atom. The Labute approximate surface area is 101 Å². The van der Waals surface area contributed by atoms with E-state index in [9.17, 15) is 14.4 Å². The number of amides is 1. The first kappa shape index (κ1) is 15.4. The van der Waals surface area contributed by atoms with Gasteiger partial charge in [0, 0.05) is 6.42 Å². The monoisotopic (exact) mass is 245 g/mol. The molecule has 17 heavy (non-hydrogen) atoms. The third kappa shape index (κ3) is 7.32. The lowest BCUT2D eigenvalue weighted by molar-refractivity contribution is -0.144. The molecule has 0 aliphatic rings. The first-order chi connectivity index (χ1) is 7.65. The predicted molar refractivity (Wildman–Crippen MR) is 60.5 cm³/mol. The number of ketones is 1. The highest BCUT2D eigenvalue weighted by molar-refractivity contribution is 5.87. The molecule has 6 heteroatoms. The Balaban J connectivity index is 4.48. The Kier molecular flexibility index (Phi) is 5.64. The molecular formula is C11H19NO5. The molecule has 0 unspecified atom stereocenters. The van der Waals surface area contributed by atoms with Crippen LogP contribution in [0.3, 0.4) is 0 Å². The second kappa shape index (κ2) is 6.22. The maximum Gasteiger partial charge on any atom is 0.408 e. The molecule has 0 bridgehead atoms. The molecule has 0 aromatic rings. The SMILES string of the molecule is COC(=O)[C@H](CC(C)=O)NC(=O)OC(C)(C)C. The van der Waals surface area contributed by atoms with Crippen LogP contribution in [-0.4, -0.2) is 36.6 Å². The average molecular weight is 245 g/mol. The van der Waals surface area contributed by atoms with Crippen LogP contribution in [0.5, 0.6) is 0 Å². The molecule has 0 aromatic heterocycles. The second-order valence-electron chi connectivity index (χ2n) is 4.63. The number of carbonyl (C=O) groups excluding carboxylic acids is 3. The normalized spacial score (nSPS) is 12.5. The number of hydrogen-bond donors (Lipinski definition) is 1. The van der Waals surface area contributed by atoms with Gasteiger partial charge in [-0.25, -0.2) is 9.59 Å². The maximum absolute atomic E-state index is 11.4. The summed E-state index contributed by atoms with van der Waals surface area (Å²) >= 11 is 0. The number of methoxy groups -OCH3 is 1. The summed E-state index contributed by atoms with van der Waals surface area (Å²) in [6.45, 7) is 6.42. The summed E-state index contributed by atoms with van der Waals surface area (Å²) in [5.41, 5.74) is -0.666. The molecule has 0 saturated heterocycles. The number of Topliss-reactive ketones (excluding diaryl/α,β-unsaturated/α-hetero) is 1. The fraction of sp³-hybridized carbons (Fsp3) is 0.727. The molecule has 0 rings (SSSR count). The van der Waals surface area contributed by atoms with Crippen LogP contribution in [0.2, 0.25) is 0 Å². The second-order valence-corrected chi connectivity index (χ2v) is 4.63. The zero-order valence-electron chi connectivity index (χ0n) is 10.8. The first-order valence-electron chi connectivity index (χ1n) is 5.22. The zero-order chi connectivity index (χ0) is 13.6. The van der Waals surface area contributed by atoms with Crippen molar-refractivity contribution in [1.82, 2.24) is 5.32 Å². The van der Waals surface area contributed by atoms with Crippen molar-refractivity contribution in [1.29, 1.82) is 0 Å². The number of esters is 1. The number of alkyl carbamates (subject to hydrolysis) is 1. The molecule has 0 radical (unpaired) electrons. The van der Waals surface area contributed by atoms with Gasteiger partial charge >= 0.3 is 12.1 Å². The van der Waals surface area contributed by atoms with Crippen molar-refractivity contribution in [2.24, 2.45) is 0 Å². The Bertz CT molecular complexity index is 305. The maximum atomic E-state index is 11.4. The van der Waals surface area contributed by atoms with Crippen LogP contribution in [0, 0.1) is 0 Å². The number of nitrogens with one attached hydrogen (secondary N) is 1. The Hall–Kier alpha value is -1.59. The lowest BCUT2D eigenvalue weighted by Crippen LogP contribution is -2.44. The summed E-state index contributed by atoms with van der Waals surface area (Å²) in [5, 5.41) is 2.30. The van der Waals surface area contributed by atoms with Crippen LogP contribution < -0.4 is 5.32 Å². The summed E-state index contributed by atoms with van der Waals surface area (Å²) in [4.78, 5) is 33.7. The Morgan fingerprint density at radius 1 is 1.24 bits per heavy atom. The molecule has 0 aliphatic heterocycles. The molecule has 0 aliphatic carbocycles. The third-order valence-corrected chi connectivity index (χ3v) is 1.67. The van der Waals surface area contributed by atoms with Gasteiger partial charge in [0.2, 0.25) is 0 Å². The van der Waals surface area contributed by atoms with Crippen LogP contribution in [0.25, 0.3) is 0 Å². The zero-order valence-corrected chi connectivity index (χ0v) is 10.8. The lowest BCUT2D eigenvalue weighted by Gasteiger charge is -2.22. The van der Waals surface area contributed by atoms with Gasteiger partial charge in [-0.2, -0.15) is 0 Å². The van der Waals surface area contributed by atoms with Crippen molar-refractivity contribution >= 4 is 17.8 Å². The Morgan fingerprint density at radius 3 is 2.12 bits per heavy atom. The van der Waals surface area contributed by atoms with Crippen LogP contribution in [0.1, 0.15) is 34.1 Å². The standard InChI is InChI=1S/C11H19NO5/c1-7(13)6-8(9(14)16-5)12-10(15)17-11(2,3)4/h8H,6H2,1-5H3,(H,12,15)/t8-/m0/s1. The van der Waals surface area contributed by atoms with E-state index in [1.165, 1.54) is 14.0 Å². The molecule has 6 nitrogen and oxygen atoms in total. The smallest absolute Gasteiger partial charge is 0.408 e. The molecule has 1 amide bonds. The highest BCUT2D eigenvalue weighted by atomic mass is 16.6. The lowest BCUT2D eigenvalue weighted by atomic mass is 10.1. The molecule has 1 N–H and O–H groups in total. The highest BCUT2D eigenvalue weighted by Crippen LogP contribution is 2.07. The van der Waals surface area contributed by atoms with Gasteiger partial charge in [0.1, 0.15) is 17.4 Å². The summed E-state index contributed by atoms with van der Waals surface area (Å²) < 4.78 is 9.46. The van der Waals surface area contributed by atoms with E-state index in [-0.39, 0.29) is 12.2 Å². The number of ether oxygens (including phenoxy) is 2. The molecular weight excluding hydrogens is 226 g/mol. The van der Waals surface area contributed by atoms with E-state index in [2.05, 4.69) is 10.1 Å². The van der Waals surface area contributed by atoms with Gasteiger partial charge in [0.15, 0.2) is 0 Å². The predicted octanol–water partition coefficient (Wildman–Crippen LogP) is 1.03. The topological polar surface area (TPSA) is 81.7 Å². The number of hydrogen-bond acceptors (Lipinski definition) is 5. The quantitative estimate of drug-likeness (QED) is 0.748. The van der Waals surface area contributed by atoms with E-state index in [1.807, 2.05) is 0 Å². The first-order valence-corrected chi connectivity index (χ1v) is 5.22. The largest absolute Gasteiger partial charge is 0.467 e. The van der Waals surface area contributed by atoms with Gasteiger partial charge in [-0.3, -0.25) is 4.79 Å². The van der Waals surface area contributed by atoms with Crippen molar-refractivity contribution in [2.45, 2.75) is 45.8 Å². The van der Waals surface area contributed by atoms with Crippen molar-refractivity contribution in [3.63, 3.8) is 0 Å². The molecule has 1 atom stereocenters. The summed E-state index contributed by atoms with van der Waals surface area (Å²) in [7, 11) is 1.19. The molecule has 0 saturated carbocycles. The van der Waals surface area contributed by atoms with E-state index in [0.29, 0.717) is 0 Å². The van der Waals surface area contributed by atoms with Crippen molar-refractivity contribution in [3.05, 3.63) is 0 Å². The average Bonchev–Trinajstić information content (AvgIpc) is 2.11. The molecule has 0 fully saturated rings. The van der Waals surface area contributed by atoms with Gasteiger partial charge in [-0.05, 0) is 27.7 Å². The molecule has 98 valence electrons. The minimum atomic E-state index is -1.01. The van der Waals surface area contributed by atoms with Crippen LogP contribution in [0.15, 0.2) is 0 Å². The summed E-state index contributed by atoms with van der Waals surface area (Å²) in [5.74, 6) is -0.900. The van der Waals surface area contributed by atoms with Crippen LogP contribution in [0.4, 0.5) is 4.79 Å². The van der Waals surface area contributed by atoms with Gasteiger partial charge < -0.3 is 14.8 Å². The van der Waals surface area contributed by atoms with E-state index in [0.717, 1.165) is 0 Å². The minimum Gasteiger partial charge on any atom is -0.467 e. The van der Waals surface area contributed by atoms with E-state index in [4.69, 9.17) is 4.74 Å². The van der Waals surface area contributed by atoms with E-state index < -0.39 is 23.7 Å². The molecule has 0 spiro atoms. The van der Waals surface area contributed by atoms with Crippen LogP contribution in [-0.2, 0) is 19.1 Å². The van der Waals surface area contributed by atoms with E-state index >= 15 is 0 Å².